The summed E-state index contributed by atoms with van der Waals surface area (Å²) in [6.45, 7) is 4.77. The van der Waals surface area contributed by atoms with E-state index in [2.05, 4.69) is 15.1 Å². The summed E-state index contributed by atoms with van der Waals surface area (Å²) in [5.41, 5.74) is 1.22. The molecule has 1 N–H and O–H groups in total. The minimum Gasteiger partial charge on any atom is -0.495 e. The number of nitro benzene ring substituents is 1. The van der Waals surface area contributed by atoms with Gasteiger partial charge in [0.2, 0.25) is 5.91 Å². The molecule has 2 aromatic carbocycles. The van der Waals surface area contributed by atoms with E-state index in [0.717, 1.165) is 24.5 Å². The second-order valence-corrected chi connectivity index (χ2v) is 7.00. The number of nitro groups is 1. The van der Waals surface area contributed by atoms with Crippen LogP contribution in [-0.4, -0.2) is 62.2 Å². The highest BCUT2D eigenvalue weighted by atomic mass is 16.6. The molecule has 0 aliphatic carbocycles. The zero-order valence-corrected chi connectivity index (χ0v) is 17.3. The van der Waals surface area contributed by atoms with E-state index < -0.39 is 11.0 Å². The molecule has 2 aromatic rings. The van der Waals surface area contributed by atoms with Crippen molar-refractivity contribution < 1.29 is 19.2 Å². The minimum absolute atomic E-state index is 0.107. The number of ether oxygens (including phenoxy) is 2. The molecule has 1 fully saturated rings. The van der Waals surface area contributed by atoms with Crippen molar-refractivity contribution >= 4 is 23.0 Å². The number of methoxy groups -OCH3 is 2. The van der Waals surface area contributed by atoms with E-state index in [1.54, 1.807) is 7.11 Å². The summed E-state index contributed by atoms with van der Waals surface area (Å²) >= 11 is 0. The van der Waals surface area contributed by atoms with Crippen molar-refractivity contribution in [2.45, 2.75) is 13.0 Å². The zero-order valence-electron chi connectivity index (χ0n) is 17.3. The molecule has 0 bridgehead atoms. The summed E-state index contributed by atoms with van der Waals surface area (Å²) in [5, 5.41) is 13.8. The van der Waals surface area contributed by atoms with Gasteiger partial charge in [0, 0.05) is 38.3 Å². The van der Waals surface area contributed by atoms with Gasteiger partial charge >= 0.3 is 0 Å². The van der Waals surface area contributed by atoms with Crippen LogP contribution in [-0.2, 0) is 4.79 Å². The maximum Gasteiger partial charge on any atom is 0.271 e. The van der Waals surface area contributed by atoms with Crippen LogP contribution < -0.4 is 19.7 Å². The number of amides is 1. The van der Waals surface area contributed by atoms with Gasteiger partial charge in [-0.3, -0.25) is 19.8 Å². The number of carbonyl (C=O) groups excluding carboxylic acids is 1. The van der Waals surface area contributed by atoms with E-state index >= 15 is 0 Å². The number of benzene rings is 2. The fourth-order valence-electron chi connectivity index (χ4n) is 3.55. The molecule has 0 spiro atoms. The average Bonchev–Trinajstić information content (AvgIpc) is 2.78. The van der Waals surface area contributed by atoms with Gasteiger partial charge < -0.3 is 19.7 Å². The maximum atomic E-state index is 12.8. The summed E-state index contributed by atoms with van der Waals surface area (Å²) in [7, 11) is 3.11. The maximum absolute atomic E-state index is 12.8. The molecule has 3 rings (SSSR count). The van der Waals surface area contributed by atoms with Gasteiger partial charge in [-0.25, -0.2) is 0 Å². The van der Waals surface area contributed by atoms with Crippen LogP contribution in [0.1, 0.15) is 6.92 Å². The molecule has 9 nitrogen and oxygen atoms in total. The predicted octanol–water partition coefficient (Wildman–Crippen LogP) is 2.76. The van der Waals surface area contributed by atoms with E-state index in [-0.39, 0.29) is 17.3 Å². The largest absolute Gasteiger partial charge is 0.495 e. The molecular weight excluding hydrogens is 388 g/mol. The Hall–Kier alpha value is -3.33. The van der Waals surface area contributed by atoms with E-state index in [4.69, 9.17) is 9.47 Å². The predicted molar refractivity (Wildman–Crippen MR) is 115 cm³/mol. The first-order chi connectivity index (χ1) is 14.4. The molecular formula is C21H26N4O5. The van der Waals surface area contributed by atoms with Crippen molar-refractivity contribution in [3.63, 3.8) is 0 Å². The molecule has 30 heavy (non-hydrogen) atoms. The van der Waals surface area contributed by atoms with Gasteiger partial charge in [0.15, 0.2) is 0 Å². The van der Waals surface area contributed by atoms with Crippen molar-refractivity contribution in [3.05, 3.63) is 52.6 Å². The molecule has 1 amide bonds. The lowest BCUT2D eigenvalue weighted by atomic mass is 10.1. The third-order valence-electron chi connectivity index (χ3n) is 5.32. The molecule has 0 saturated carbocycles. The number of para-hydroxylation sites is 2. The lowest BCUT2D eigenvalue weighted by Gasteiger charge is -2.38. The van der Waals surface area contributed by atoms with Crippen LogP contribution in [0.25, 0.3) is 0 Å². The van der Waals surface area contributed by atoms with Crippen molar-refractivity contribution in [2.75, 3.05) is 50.6 Å². The smallest absolute Gasteiger partial charge is 0.271 e. The number of piperazine rings is 1. The lowest BCUT2D eigenvalue weighted by molar-refractivity contribution is -0.384. The molecule has 9 heteroatoms. The van der Waals surface area contributed by atoms with Crippen LogP contribution in [0.15, 0.2) is 42.5 Å². The Morgan fingerprint density at radius 3 is 2.37 bits per heavy atom. The number of hydrogen-bond acceptors (Lipinski definition) is 7. The Morgan fingerprint density at radius 2 is 1.73 bits per heavy atom. The molecule has 1 aliphatic heterocycles. The highest BCUT2D eigenvalue weighted by molar-refractivity contribution is 5.96. The highest BCUT2D eigenvalue weighted by Crippen LogP contribution is 2.30. The van der Waals surface area contributed by atoms with Gasteiger partial charge in [-0.05, 0) is 25.1 Å². The average molecular weight is 414 g/mol. The summed E-state index contributed by atoms with van der Waals surface area (Å²) in [6, 6.07) is 11.6. The Balaban J connectivity index is 1.64. The Morgan fingerprint density at radius 1 is 1.07 bits per heavy atom. The third-order valence-corrected chi connectivity index (χ3v) is 5.32. The molecule has 1 saturated heterocycles. The van der Waals surface area contributed by atoms with Gasteiger partial charge in [0.1, 0.15) is 11.5 Å². The van der Waals surface area contributed by atoms with Crippen LogP contribution >= 0.6 is 0 Å². The normalized spacial score (nSPS) is 15.4. The first-order valence-corrected chi connectivity index (χ1v) is 9.70. The molecule has 160 valence electrons. The third kappa shape index (κ3) is 4.62. The summed E-state index contributed by atoms with van der Waals surface area (Å²) < 4.78 is 10.7. The number of nitrogens with one attached hydrogen (secondary N) is 1. The van der Waals surface area contributed by atoms with Crippen LogP contribution in [0.5, 0.6) is 11.5 Å². The summed E-state index contributed by atoms with van der Waals surface area (Å²) in [5.74, 6) is 0.969. The number of rotatable bonds is 7. The second kappa shape index (κ2) is 9.45. The number of nitrogens with zero attached hydrogens (tertiary/aromatic N) is 3. The van der Waals surface area contributed by atoms with Crippen molar-refractivity contribution in [2.24, 2.45) is 0 Å². The zero-order chi connectivity index (χ0) is 21.7. The number of carbonyl (C=O) groups is 1. The van der Waals surface area contributed by atoms with Crippen molar-refractivity contribution in [1.82, 2.24) is 4.90 Å². The van der Waals surface area contributed by atoms with Crippen LogP contribution in [0.2, 0.25) is 0 Å². The monoisotopic (exact) mass is 414 g/mol. The van der Waals surface area contributed by atoms with Crippen LogP contribution in [0.3, 0.4) is 0 Å². The highest BCUT2D eigenvalue weighted by Gasteiger charge is 2.27. The Labute approximate surface area is 175 Å². The summed E-state index contributed by atoms with van der Waals surface area (Å²) in [4.78, 5) is 27.7. The van der Waals surface area contributed by atoms with Gasteiger partial charge in [-0.1, -0.05) is 12.1 Å². The molecule has 1 aliphatic rings. The van der Waals surface area contributed by atoms with E-state index in [9.17, 15) is 14.9 Å². The first kappa shape index (κ1) is 21.4. The van der Waals surface area contributed by atoms with Gasteiger partial charge in [0.25, 0.3) is 5.69 Å². The Bertz CT molecular complexity index is 912. The van der Waals surface area contributed by atoms with Gasteiger partial charge in [-0.15, -0.1) is 0 Å². The molecule has 0 radical (unpaired) electrons. The van der Waals surface area contributed by atoms with E-state index in [1.165, 1.54) is 25.3 Å². The summed E-state index contributed by atoms with van der Waals surface area (Å²) in [6.07, 6.45) is 0. The van der Waals surface area contributed by atoms with E-state index in [0.29, 0.717) is 18.8 Å². The van der Waals surface area contributed by atoms with E-state index in [1.807, 2.05) is 31.2 Å². The SMILES string of the molecule is COc1ccc([N+](=O)[O-])cc1NC(=O)[C@H](C)N1CCN(c2ccccc2OC)CC1. The molecule has 0 aromatic heterocycles. The van der Waals surface area contributed by atoms with Gasteiger partial charge in [0.05, 0.1) is 36.6 Å². The van der Waals surface area contributed by atoms with Crippen LogP contribution in [0.4, 0.5) is 17.1 Å². The number of hydrogen-bond donors (Lipinski definition) is 1. The van der Waals surface area contributed by atoms with Crippen LogP contribution in [0, 0.1) is 10.1 Å². The number of non-ortho nitro benzene ring substituents is 1. The number of anilines is 2. The minimum atomic E-state index is -0.504. The van der Waals surface area contributed by atoms with Gasteiger partial charge in [-0.2, -0.15) is 0 Å². The molecule has 0 unspecified atom stereocenters. The second-order valence-electron chi connectivity index (χ2n) is 7.00. The Kier molecular flexibility index (Phi) is 6.73. The van der Waals surface area contributed by atoms with Crippen molar-refractivity contribution in [1.29, 1.82) is 0 Å². The molecule has 1 heterocycles. The quantitative estimate of drug-likeness (QED) is 0.550. The molecule has 1 atom stereocenters. The first-order valence-electron chi connectivity index (χ1n) is 9.70. The topological polar surface area (TPSA) is 97.2 Å². The fraction of sp³-hybridized carbons (Fsp3) is 0.381. The van der Waals surface area contributed by atoms with Crippen molar-refractivity contribution in [3.8, 4) is 11.5 Å². The fourth-order valence-corrected chi connectivity index (χ4v) is 3.55. The lowest BCUT2D eigenvalue weighted by Crippen LogP contribution is -2.52. The standard InChI is InChI=1S/C21H26N4O5/c1-15(21(26)22-17-14-16(25(27)28)8-9-19(17)29-2)23-10-12-24(13-11-23)18-6-4-5-7-20(18)30-3/h4-9,14-15H,10-13H2,1-3H3,(H,22,26)/t15-/m0/s1.